The lowest BCUT2D eigenvalue weighted by molar-refractivity contribution is 0.362. The largest absolute Gasteiger partial charge is 0.496 e. The van der Waals surface area contributed by atoms with Crippen LogP contribution < -0.4 is 10.3 Å². The summed E-state index contributed by atoms with van der Waals surface area (Å²) in [5, 5.41) is 12.4. The first-order valence-electron chi connectivity index (χ1n) is 9.30. The van der Waals surface area contributed by atoms with Crippen molar-refractivity contribution in [3.8, 4) is 28.4 Å². The van der Waals surface area contributed by atoms with Crippen molar-refractivity contribution in [1.82, 2.24) is 29.5 Å². The summed E-state index contributed by atoms with van der Waals surface area (Å²) in [5.74, 6) is 0.838. The van der Waals surface area contributed by atoms with E-state index in [2.05, 4.69) is 20.3 Å². The Bertz CT molecular complexity index is 1440. The van der Waals surface area contributed by atoms with Gasteiger partial charge in [0.25, 0.3) is 5.56 Å². The van der Waals surface area contributed by atoms with Crippen LogP contribution in [-0.4, -0.2) is 36.6 Å². The van der Waals surface area contributed by atoms with E-state index in [0.717, 1.165) is 0 Å². The number of ether oxygens (including phenoxy) is 1. The van der Waals surface area contributed by atoms with Gasteiger partial charge in [-0.05, 0) is 42.5 Å². The molecule has 0 atom stereocenters. The van der Waals surface area contributed by atoms with E-state index in [1.54, 1.807) is 31.4 Å². The van der Waals surface area contributed by atoms with Crippen molar-refractivity contribution in [1.29, 1.82) is 0 Å². The lowest BCUT2D eigenvalue weighted by Gasteiger charge is -2.03. The highest BCUT2D eigenvalue weighted by Gasteiger charge is 2.15. The van der Waals surface area contributed by atoms with Gasteiger partial charge in [0, 0.05) is 5.56 Å². The smallest absolute Gasteiger partial charge is 0.293 e. The monoisotopic (exact) mass is 418 g/mol. The van der Waals surface area contributed by atoms with Gasteiger partial charge in [0.15, 0.2) is 0 Å². The van der Waals surface area contributed by atoms with E-state index in [9.17, 15) is 9.18 Å². The minimum absolute atomic E-state index is 0.00541. The zero-order valence-corrected chi connectivity index (χ0v) is 16.3. The van der Waals surface area contributed by atoms with Gasteiger partial charge in [0.05, 0.1) is 18.4 Å². The number of benzene rings is 2. The Morgan fingerprint density at radius 3 is 2.74 bits per heavy atom. The van der Waals surface area contributed by atoms with E-state index < -0.39 is 0 Å². The first-order chi connectivity index (χ1) is 15.1. The molecule has 0 N–H and O–H groups in total. The molecular formula is C21H15FN6O3. The normalized spacial score (nSPS) is 11.2. The van der Waals surface area contributed by atoms with E-state index in [4.69, 9.17) is 9.26 Å². The van der Waals surface area contributed by atoms with Gasteiger partial charge in [-0.25, -0.2) is 13.6 Å². The van der Waals surface area contributed by atoms with E-state index in [-0.39, 0.29) is 23.8 Å². The minimum Gasteiger partial charge on any atom is -0.496 e. The average Bonchev–Trinajstić information content (AvgIpc) is 3.44. The van der Waals surface area contributed by atoms with Crippen LogP contribution in [0.5, 0.6) is 5.75 Å². The summed E-state index contributed by atoms with van der Waals surface area (Å²) in [5.41, 5.74) is 1.84. The Balaban J connectivity index is 1.46. The Morgan fingerprint density at radius 2 is 1.94 bits per heavy atom. The van der Waals surface area contributed by atoms with Crippen LogP contribution in [0, 0.1) is 5.82 Å². The van der Waals surface area contributed by atoms with E-state index in [0.29, 0.717) is 33.9 Å². The van der Waals surface area contributed by atoms with Gasteiger partial charge < -0.3 is 9.26 Å². The van der Waals surface area contributed by atoms with Crippen LogP contribution in [-0.2, 0) is 6.54 Å². The average molecular weight is 418 g/mol. The van der Waals surface area contributed by atoms with Crippen LogP contribution in [0.4, 0.5) is 4.39 Å². The molecule has 2 aromatic carbocycles. The Kier molecular flexibility index (Phi) is 4.51. The maximum Gasteiger partial charge on any atom is 0.293 e. The number of para-hydroxylation sites is 1. The van der Waals surface area contributed by atoms with Crippen LogP contribution in [0.2, 0.25) is 0 Å². The van der Waals surface area contributed by atoms with Crippen molar-refractivity contribution in [2.75, 3.05) is 7.11 Å². The summed E-state index contributed by atoms with van der Waals surface area (Å²) in [6, 6.07) is 14.8. The standard InChI is InChI=1S/C21H15FN6O3/c1-30-18-5-3-2-4-15(18)20-24-19(31-26-20)11-27-21(29)17-10-16(25-28(17)12-23-27)13-6-8-14(22)9-7-13/h2-10,12H,11H2,1H3. The van der Waals surface area contributed by atoms with Gasteiger partial charge in [-0.1, -0.05) is 17.3 Å². The molecule has 31 heavy (non-hydrogen) atoms. The maximum atomic E-state index is 13.2. The molecule has 0 aliphatic heterocycles. The molecular weight excluding hydrogens is 403 g/mol. The fourth-order valence-electron chi connectivity index (χ4n) is 3.20. The third-order valence-electron chi connectivity index (χ3n) is 4.73. The fourth-order valence-corrected chi connectivity index (χ4v) is 3.20. The van der Waals surface area contributed by atoms with Gasteiger partial charge in [-0.3, -0.25) is 4.79 Å². The number of aromatic nitrogens is 6. The molecule has 0 spiro atoms. The zero-order valence-electron chi connectivity index (χ0n) is 16.3. The molecule has 154 valence electrons. The number of hydrogen-bond acceptors (Lipinski definition) is 7. The Labute approximate surface area is 174 Å². The lowest BCUT2D eigenvalue weighted by atomic mass is 10.1. The third kappa shape index (κ3) is 3.44. The van der Waals surface area contributed by atoms with Crippen LogP contribution >= 0.6 is 0 Å². The summed E-state index contributed by atoms with van der Waals surface area (Å²) in [7, 11) is 1.56. The fraction of sp³-hybridized carbons (Fsp3) is 0.0952. The summed E-state index contributed by atoms with van der Waals surface area (Å²) < 4.78 is 26.4. The molecule has 0 radical (unpaired) electrons. The summed E-state index contributed by atoms with van der Waals surface area (Å²) >= 11 is 0. The molecule has 0 aliphatic rings. The van der Waals surface area contributed by atoms with Gasteiger partial charge >= 0.3 is 0 Å². The second-order valence-corrected chi connectivity index (χ2v) is 6.67. The van der Waals surface area contributed by atoms with Gasteiger partial charge in [-0.15, -0.1) is 0 Å². The first-order valence-corrected chi connectivity index (χ1v) is 9.30. The van der Waals surface area contributed by atoms with Crippen molar-refractivity contribution in [2.45, 2.75) is 6.54 Å². The molecule has 0 saturated carbocycles. The molecule has 0 saturated heterocycles. The molecule has 0 amide bonds. The van der Waals surface area contributed by atoms with Gasteiger partial charge in [0.2, 0.25) is 11.7 Å². The second kappa shape index (κ2) is 7.48. The van der Waals surface area contributed by atoms with Crippen molar-refractivity contribution in [3.63, 3.8) is 0 Å². The van der Waals surface area contributed by atoms with E-state index >= 15 is 0 Å². The van der Waals surface area contributed by atoms with Crippen LogP contribution in [0.3, 0.4) is 0 Å². The van der Waals surface area contributed by atoms with Crippen molar-refractivity contribution < 1.29 is 13.7 Å². The first kappa shape index (κ1) is 18.7. The van der Waals surface area contributed by atoms with Crippen LogP contribution in [0.25, 0.3) is 28.2 Å². The predicted octanol–water partition coefficient (Wildman–Crippen LogP) is 2.80. The lowest BCUT2D eigenvalue weighted by Crippen LogP contribution is -2.25. The number of fused-ring (bicyclic) bond motifs is 1. The number of methoxy groups -OCH3 is 1. The topological polar surface area (TPSA) is 100 Å². The molecule has 5 rings (SSSR count). The van der Waals surface area contributed by atoms with E-state index in [1.165, 1.54) is 27.7 Å². The number of halogens is 1. The highest BCUT2D eigenvalue weighted by molar-refractivity contribution is 5.65. The maximum absolute atomic E-state index is 13.2. The SMILES string of the molecule is COc1ccccc1-c1noc(Cn2ncn3nc(-c4ccc(F)cc4)cc3c2=O)n1. The second-order valence-electron chi connectivity index (χ2n) is 6.67. The highest BCUT2D eigenvalue weighted by atomic mass is 19.1. The Hall–Kier alpha value is -4.34. The summed E-state index contributed by atoms with van der Waals surface area (Å²) in [6.07, 6.45) is 1.42. The molecule has 0 fully saturated rings. The molecule has 3 heterocycles. The summed E-state index contributed by atoms with van der Waals surface area (Å²) in [4.78, 5) is 17.2. The van der Waals surface area contributed by atoms with Gasteiger partial charge in [-0.2, -0.15) is 15.2 Å². The molecule has 3 aromatic heterocycles. The molecule has 9 nitrogen and oxygen atoms in total. The van der Waals surface area contributed by atoms with Gasteiger partial charge in [0.1, 0.15) is 30.0 Å². The third-order valence-corrected chi connectivity index (χ3v) is 4.73. The summed E-state index contributed by atoms with van der Waals surface area (Å²) in [6.45, 7) is -0.00541. The Morgan fingerprint density at radius 1 is 1.13 bits per heavy atom. The van der Waals surface area contributed by atoms with Crippen molar-refractivity contribution in [3.05, 3.63) is 83.0 Å². The molecule has 0 unspecified atom stereocenters. The van der Waals surface area contributed by atoms with E-state index in [1.807, 2.05) is 18.2 Å². The molecule has 5 aromatic rings. The highest BCUT2D eigenvalue weighted by Crippen LogP contribution is 2.27. The minimum atomic E-state index is -0.375. The molecule has 0 bridgehead atoms. The van der Waals surface area contributed by atoms with Crippen LogP contribution in [0.1, 0.15) is 5.89 Å². The number of nitrogens with zero attached hydrogens (tertiary/aromatic N) is 6. The predicted molar refractivity (Wildman–Crippen MR) is 108 cm³/mol. The van der Waals surface area contributed by atoms with Crippen LogP contribution in [0.15, 0.2) is 70.2 Å². The number of hydrogen-bond donors (Lipinski definition) is 0. The molecule has 0 aliphatic carbocycles. The quantitative estimate of drug-likeness (QED) is 0.433. The van der Waals surface area contributed by atoms with Crippen molar-refractivity contribution >= 4 is 5.52 Å². The molecule has 10 heteroatoms. The zero-order chi connectivity index (χ0) is 21.4. The van der Waals surface area contributed by atoms with Crippen molar-refractivity contribution in [2.24, 2.45) is 0 Å². The number of rotatable bonds is 5.